The van der Waals surface area contributed by atoms with Crippen LogP contribution in [0.1, 0.15) is 28.0 Å². The van der Waals surface area contributed by atoms with Gasteiger partial charge in [0.1, 0.15) is 5.56 Å². The molecule has 1 heterocycles. The first-order valence-electron chi connectivity index (χ1n) is 6.44. The summed E-state index contributed by atoms with van der Waals surface area (Å²) in [6.07, 6.45) is 2.37. The highest BCUT2D eigenvalue weighted by molar-refractivity contribution is 5.90. The van der Waals surface area contributed by atoms with E-state index in [1.165, 1.54) is 18.2 Å². The van der Waals surface area contributed by atoms with E-state index >= 15 is 0 Å². The van der Waals surface area contributed by atoms with E-state index in [1.54, 1.807) is 0 Å². The second kappa shape index (κ2) is 5.12. The maximum absolute atomic E-state index is 13.6. The zero-order chi connectivity index (χ0) is 15.0. The van der Waals surface area contributed by atoms with Crippen molar-refractivity contribution in [2.75, 3.05) is 0 Å². The minimum Gasteiger partial charge on any atom is -0.477 e. The molecule has 2 aromatic rings. The van der Waals surface area contributed by atoms with Gasteiger partial charge in [0.2, 0.25) is 11.7 Å². The van der Waals surface area contributed by atoms with E-state index in [9.17, 15) is 18.7 Å². The molecule has 0 spiro atoms. The lowest BCUT2D eigenvalue weighted by atomic mass is 10.1. The first-order valence-corrected chi connectivity index (χ1v) is 6.44. The van der Waals surface area contributed by atoms with E-state index in [0.29, 0.717) is 0 Å². The zero-order valence-corrected chi connectivity index (χ0v) is 10.9. The molecule has 0 atom stereocenters. The molecule has 0 radical (unpaired) electrons. The summed E-state index contributed by atoms with van der Waals surface area (Å²) in [6, 6.07) is 4.95. The molecule has 0 aliphatic heterocycles. The van der Waals surface area contributed by atoms with Crippen LogP contribution < -0.4 is 4.74 Å². The topological polar surface area (TPSA) is 59.4 Å². The van der Waals surface area contributed by atoms with Crippen molar-refractivity contribution in [3.8, 4) is 11.6 Å². The molecule has 0 saturated carbocycles. The van der Waals surface area contributed by atoms with Gasteiger partial charge < -0.3 is 9.84 Å². The maximum Gasteiger partial charge on any atom is 0.341 e. The van der Waals surface area contributed by atoms with Gasteiger partial charge in [-0.15, -0.1) is 0 Å². The number of aromatic nitrogens is 1. The molecule has 0 fully saturated rings. The highest BCUT2D eigenvalue weighted by Crippen LogP contribution is 2.31. The third-order valence-corrected chi connectivity index (χ3v) is 3.37. The number of aromatic carboxylic acids is 1. The normalized spacial score (nSPS) is 13.0. The van der Waals surface area contributed by atoms with Crippen molar-refractivity contribution in [3.63, 3.8) is 0 Å². The van der Waals surface area contributed by atoms with Crippen molar-refractivity contribution in [1.29, 1.82) is 0 Å². The molecule has 0 unspecified atom stereocenters. The van der Waals surface area contributed by atoms with E-state index in [0.717, 1.165) is 36.6 Å². The van der Waals surface area contributed by atoms with Gasteiger partial charge in [-0.2, -0.15) is 4.39 Å². The Labute approximate surface area is 119 Å². The number of pyridine rings is 1. The number of carboxylic acids is 1. The number of rotatable bonds is 3. The molecule has 0 saturated heterocycles. The van der Waals surface area contributed by atoms with Crippen LogP contribution in [0, 0.1) is 11.6 Å². The summed E-state index contributed by atoms with van der Waals surface area (Å²) in [5.74, 6) is -4.05. The molecule has 3 rings (SSSR count). The molecular formula is C15H11F2NO3. The van der Waals surface area contributed by atoms with Crippen molar-refractivity contribution in [2.45, 2.75) is 19.3 Å². The minimum atomic E-state index is -1.22. The lowest BCUT2D eigenvalue weighted by Crippen LogP contribution is -2.05. The van der Waals surface area contributed by atoms with Crippen LogP contribution in [0.3, 0.4) is 0 Å². The van der Waals surface area contributed by atoms with E-state index in [4.69, 9.17) is 4.74 Å². The summed E-state index contributed by atoms with van der Waals surface area (Å²) in [5, 5.41) is 9.21. The summed E-state index contributed by atoms with van der Waals surface area (Å²) in [4.78, 5) is 15.4. The number of carbonyl (C=O) groups is 1. The Kier molecular flexibility index (Phi) is 3.29. The summed E-state index contributed by atoms with van der Waals surface area (Å²) in [6.45, 7) is 0. The van der Waals surface area contributed by atoms with Gasteiger partial charge in [-0.05, 0) is 43.0 Å². The highest BCUT2D eigenvalue weighted by Gasteiger charge is 2.22. The van der Waals surface area contributed by atoms with Gasteiger partial charge >= 0.3 is 5.97 Å². The van der Waals surface area contributed by atoms with Crippen molar-refractivity contribution >= 4 is 5.97 Å². The average molecular weight is 291 g/mol. The molecule has 1 N–H and O–H groups in total. The van der Waals surface area contributed by atoms with Crippen LogP contribution >= 0.6 is 0 Å². The van der Waals surface area contributed by atoms with Gasteiger partial charge in [-0.25, -0.2) is 14.2 Å². The molecule has 0 amide bonds. The Balaban J connectivity index is 2.05. The Bertz CT molecular complexity index is 731. The fraction of sp³-hybridized carbons (Fsp3) is 0.200. The summed E-state index contributed by atoms with van der Waals surface area (Å²) in [7, 11) is 0. The molecule has 1 aromatic carbocycles. The number of fused-ring (bicyclic) bond motifs is 1. The maximum atomic E-state index is 13.6. The van der Waals surface area contributed by atoms with Crippen molar-refractivity contribution in [3.05, 3.63) is 52.7 Å². The Morgan fingerprint density at radius 2 is 2.10 bits per heavy atom. The third kappa shape index (κ3) is 2.44. The SMILES string of the molecule is O=C(O)c1cc2c(nc1Oc1cccc(F)c1F)CCC2. The van der Waals surface area contributed by atoms with Gasteiger partial charge in [0.05, 0.1) is 0 Å². The Morgan fingerprint density at radius 3 is 2.86 bits per heavy atom. The average Bonchev–Trinajstić information content (AvgIpc) is 2.90. The molecule has 1 aromatic heterocycles. The van der Waals surface area contributed by atoms with Crippen LogP contribution in [0.15, 0.2) is 24.3 Å². The van der Waals surface area contributed by atoms with Gasteiger partial charge in [0.15, 0.2) is 11.6 Å². The van der Waals surface area contributed by atoms with Gasteiger partial charge in [-0.1, -0.05) is 6.07 Å². The van der Waals surface area contributed by atoms with Crippen LogP contribution in [0.5, 0.6) is 11.6 Å². The van der Waals surface area contributed by atoms with Gasteiger partial charge in [0, 0.05) is 5.69 Å². The third-order valence-electron chi connectivity index (χ3n) is 3.37. The van der Waals surface area contributed by atoms with Crippen LogP contribution in [0.2, 0.25) is 0 Å². The number of hydrogen-bond donors (Lipinski definition) is 1. The molecule has 108 valence electrons. The zero-order valence-electron chi connectivity index (χ0n) is 10.9. The fourth-order valence-electron chi connectivity index (χ4n) is 2.35. The summed E-state index contributed by atoms with van der Waals surface area (Å²) in [5.41, 5.74) is 1.45. The number of carboxylic acid groups (broad SMARTS) is 1. The van der Waals surface area contributed by atoms with Crippen LogP contribution in [-0.2, 0) is 12.8 Å². The second-order valence-electron chi connectivity index (χ2n) is 4.76. The largest absolute Gasteiger partial charge is 0.477 e. The van der Waals surface area contributed by atoms with E-state index in [-0.39, 0.29) is 17.2 Å². The molecule has 1 aliphatic rings. The number of aryl methyl sites for hydroxylation is 2. The summed E-state index contributed by atoms with van der Waals surface area (Å²) >= 11 is 0. The van der Waals surface area contributed by atoms with Crippen LogP contribution in [0.4, 0.5) is 8.78 Å². The lowest BCUT2D eigenvalue weighted by Gasteiger charge is -2.10. The molecule has 4 nitrogen and oxygen atoms in total. The number of halogens is 2. The number of nitrogens with zero attached hydrogens (tertiary/aromatic N) is 1. The number of hydrogen-bond acceptors (Lipinski definition) is 3. The van der Waals surface area contributed by atoms with Gasteiger partial charge in [0.25, 0.3) is 0 Å². The first kappa shape index (κ1) is 13.5. The van der Waals surface area contributed by atoms with E-state index in [1.807, 2.05) is 0 Å². The fourth-order valence-corrected chi connectivity index (χ4v) is 2.35. The van der Waals surface area contributed by atoms with Crippen molar-refractivity contribution in [2.24, 2.45) is 0 Å². The molecular weight excluding hydrogens is 280 g/mol. The molecule has 1 aliphatic carbocycles. The number of ether oxygens (including phenoxy) is 1. The molecule has 6 heteroatoms. The summed E-state index contributed by atoms with van der Waals surface area (Å²) < 4.78 is 32.0. The van der Waals surface area contributed by atoms with Crippen molar-refractivity contribution in [1.82, 2.24) is 4.98 Å². The quantitative estimate of drug-likeness (QED) is 0.942. The van der Waals surface area contributed by atoms with E-state index in [2.05, 4.69) is 4.98 Å². The monoisotopic (exact) mass is 291 g/mol. The van der Waals surface area contributed by atoms with Gasteiger partial charge in [-0.3, -0.25) is 0 Å². The van der Waals surface area contributed by atoms with Crippen LogP contribution in [0.25, 0.3) is 0 Å². The highest BCUT2D eigenvalue weighted by atomic mass is 19.2. The van der Waals surface area contributed by atoms with Crippen LogP contribution in [-0.4, -0.2) is 16.1 Å². The predicted molar refractivity (Wildman–Crippen MR) is 69.7 cm³/mol. The second-order valence-corrected chi connectivity index (χ2v) is 4.76. The predicted octanol–water partition coefficient (Wildman–Crippen LogP) is 3.34. The molecule has 0 bridgehead atoms. The van der Waals surface area contributed by atoms with Crippen molar-refractivity contribution < 1.29 is 23.4 Å². The first-order chi connectivity index (χ1) is 10.1. The van der Waals surface area contributed by atoms with E-state index < -0.39 is 17.6 Å². The number of benzene rings is 1. The minimum absolute atomic E-state index is 0.153. The molecule has 21 heavy (non-hydrogen) atoms. The Morgan fingerprint density at radius 1 is 1.29 bits per heavy atom. The smallest absolute Gasteiger partial charge is 0.341 e. The lowest BCUT2D eigenvalue weighted by molar-refractivity contribution is 0.0693. The Hall–Kier alpha value is -2.50. The standard InChI is InChI=1S/C15H11F2NO3/c16-10-4-2-6-12(13(10)17)21-14-9(15(19)20)7-8-3-1-5-11(8)18-14/h2,4,6-7H,1,3,5H2,(H,19,20).